The molecule has 196 valence electrons. The first-order valence-electron chi connectivity index (χ1n) is 13.1. The Bertz CT molecular complexity index is 1610. The van der Waals surface area contributed by atoms with Crippen molar-refractivity contribution in [3.8, 4) is 27.6 Å². The molecule has 1 aliphatic rings. The van der Waals surface area contributed by atoms with Crippen LogP contribution in [0.1, 0.15) is 18.4 Å². The lowest BCUT2D eigenvalue weighted by atomic mass is 9.97. The minimum absolute atomic E-state index is 0.0292. The van der Waals surface area contributed by atoms with E-state index in [0.29, 0.717) is 6.54 Å². The number of methoxy groups -OCH3 is 1. The van der Waals surface area contributed by atoms with Crippen molar-refractivity contribution in [2.45, 2.75) is 19.8 Å². The lowest BCUT2D eigenvalue weighted by Gasteiger charge is -2.32. The number of nitrogens with zero attached hydrogens (tertiary/aromatic N) is 4. The zero-order valence-corrected chi connectivity index (χ0v) is 22.7. The van der Waals surface area contributed by atoms with Crippen molar-refractivity contribution in [3.05, 3.63) is 84.4 Å². The number of thiazole rings is 1. The monoisotopic (exact) mass is 535 g/mol. The van der Waals surface area contributed by atoms with Crippen LogP contribution in [0.5, 0.6) is 5.75 Å². The fraction of sp³-hybridized carbons (Fsp3) is 0.226. The number of benzene rings is 3. The molecule has 1 atom stereocenters. The van der Waals surface area contributed by atoms with Crippen LogP contribution in [0.4, 0.5) is 11.5 Å². The summed E-state index contributed by atoms with van der Waals surface area (Å²) in [6, 6.07) is 25.9. The number of para-hydroxylation sites is 1. The van der Waals surface area contributed by atoms with Crippen molar-refractivity contribution in [1.29, 1.82) is 0 Å². The second-order valence-corrected chi connectivity index (χ2v) is 10.8. The first-order valence-corrected chi connectivity index (χ1v) is 13.9. The summed E-state index contributed by atoms with van der Waals surface area (Å²) >= 11 is 1.69. The maximum atomic E-state index is 13.2. The van der Waals surface area contributed by atoms with Crippen LogP contribution in [0.15, 0.2) is 78.9 Å². The first kappa shape index (κ1) is 25.0. The first-order chi connectivity index (χ1) is 19.1. The highest BCUT2D eigenvalue weighted by molar-refractivity contribution is 7.21. The van der Waals surface area contributed by atoms with Crippen molar-refractivity contribution in [2.75, 3.05) is 30.4 Å². The highest BCUT2D eigenvalue weighted by Gasteiger charge is 2.27. The molecule has 1 fully saturated rings. The van der Waals surface area contributed by atoms with Gasteiger partial charge in [-0.1, -0.05) is 18.2 Å². The highest BCUT2D eigenvalue weighted by atomic mass is 32.1. The second kappa shape index (κ2) is 10.8. The molecular formula is C31H29N5O2S. The number of anilines is 2. The number of fused-ring (bicyclic) bond motifs is 1. The second-order valence-electron chi connectivity index (χ2n) is 9.82. The van der Waals surface area contributed by atoms with E-state index in [0.717, 1.165) is 64.0 Å². The number of rotatable bonds is 6. The molecule has 3 heterocycles. The van der Waals surface area contributed by atoms with Crippen LogP contribution in [0.2, 0.25) is 0 Å². The number of nitrogens with one attached hydrogen (secondary N) is 1. The zero-order valence-electron chi connectivity index (χ0n) is 21.9. The van der Waals surface area contributed by atoms with Crippen LogP contribution in [0, 0.1) is 12.8 Å². The molecule has 1 saturated heterocycles. The number of hydrogen-bond acceptors (Lipinski definition) is 7. The summed E-state index contributed by atoms with van der Waals surface area (Å²) in [4.78, 5) is 20.1. The number of aryl methyl sites for hydroxylation is 1. The van der Waals surface area contributed by atoms with Gasteiger partial charge in [-0.05, 0) is 86.0 Å². The molecule has 0 bridgehead atoms. The molecule has 1 N–H and O–H groups in total. The SMILES string of the molecule is COc1ccccc1-c1ccc(N2CCCC(C(=O)Nc3ccc(-c4nc5ccc(C)cc5s4)cc3)C2)nn1. The Morgan fingerprint density at radius 2 is 1.87 bits per heavy atom. The Morgan fingerprint density at radius 3 is 2.67 bits per heavy atom. The lowest BCUT2D eigenvalue weighted by molar-refractivity contribution is -0.120. The minimum atomic E-state index is -0.123. The predicted molar refractivity (Wildman–Crippen MR) is 157 cm³/mol. The summed E-state index contributed by atoms with van der Waals surface area (Å²) in [6.07, 6.45) is 1.77. The molecule has 0 spiro atoms. The summed E-state index contributed by atoms with van der Waals surface area (Å²) in [5.74, 6) is 1.45. The Kier molecular flexibility index (Phi) is 6.94. The van der Waals surface area contributed by atoms with Crippen molar-refractivity contribution in [1.82, 2.24) is 15.2 Å². The normalized spacial score (nSPS) is 15.3. The number of piperidine rings is 1. The molecule has 0 aliphatic carbocycles. The Hall–Kier alpha value is -4.30. The largest absolute Gasteiger partial charge is 0.496 e. The molecule has 2 aromatic heterocycles. The molecule has 1 amide bonds. The van der Waals surface area contributed by atoms with Crippen LogP contribution < -0.4 is 15.0 Å². The van der Waals surface area contributed by atoms with E-state index < -0.39 is 0 Å². The fourth-order valence-electron chi connectivity index (χ4n) is 4.99. The van der Waals surface area contributed by atoms with Gasteiger partial charge in [0.15, 0.2) is 5.82 Å². The van der Waals surface area contributed by atoms with Crippen molar-refractivity contribution >= 4 is 39.0 Å². The summed E-state index contributed by atoms with van der Waals surface area (Å²) in [6.45, 7) is 3.55. The van der Waals surface area contributed by atoms with Gasteiger partial charge in [0.05, 0.1) is 28.9 Å². The average molecular weight is 536 g/mol. The molecule has 8 heteroatoms. The van der Waals surface area contributed by atoms with E-state index in [9.17, 15) is 4.79 Å². The molecule has 0 saturated carbocycles. The third-order valence-corrected chi connectivity index (χ3v) is 8.16. The number of carbonyl (C=O) groups excluding carboxylic acids is 1. The lowest BCUT2D eigenvalue weighted by Crippen LogP contribution is -2.41. The van der Waals surface area contributed by atoms with Crippen molar-refractivity contribution in [2.24, 2.45) is 5.92 Å². The molecule has 5 aromatic rings. The van der Waals surface area contributed by atoms with Gasteiger partial charge in [0.25, 0.3) is 0 Å². The maximum Gasteiger partial charge on any atom is 0.229 e. The molecule has 39 heavy (non-hydrogen) atoms. The van der Waals surface area contributed by atoms with E-state index in [4.69, 9.17) is 9.72 Å². The standard InChI is InChI=1S/C31H29N5O2S/c1-20-9-14-26-28(18-20)39-31(33-26)21-10-12-23(13-11-21)32-30(37)22-6-5-17-36(19-22)29-16-15-25(34-35-29)24-7-3-4-8-27(24)38-2/h3-4,7-16,18,22H,5-6,17,19H2,1-2H3,(H,32,37). The maximum absolute atomic E-state index is 13.2. The van der Waals surface area contributed by atoms with Gasteiger partial charge in [-0.3, -0.25) is 4.79 Å². The van der Waals surface area contributed by atoms with E-state index in [1.165, 1.54) is 10.3 Å². The van der Waals surface area contributed by atoms with E-state index >= 15 is 0 Å². The van der Waals surface area contributed by atoms with E-state index in [2.05, 4.69) is 45.5 Å². The van der Waals surface area contributed by atoms with Gasteiger partial charge in [-0.25, -0.2) is 4.98 Å². The molecule has 7 nitrogen and oxygen atoms in total. The summed E-state index contributed by atoms with van der Waals surface area (Å²) < 4.78 is 6.64. The van der Waals surface area contributed by atoms with Gasteiger partial charge in [0, 0.05) is 29.9 Å². The van der Waals surface area contributed by atoms with Gasteiger partial charge in [0.1, 0.15) is 10.8 Å². The third-order valence-electron chi connectivity index (χ3n) is 7.09. The highest BCUT2D eigenvalue weighted by Crippen LogP contribution is 2.32. The van der Waals surface area contributed by atoms with Crippen LogP contribution >= 0.6 is 11.3 Å². The van der Waals surface area contributed by atoms with Gasteiger partial charge in [0.2, 0.25) is 5.91 Å². The summed E-state index contributed by atoms with van der Waals surface area (Å²) in [5.41, 5.74) is 5.74. The van der Waals surface area contributed by atoms with Gasteiger partial charge in [-0.15, -0.1) is 21.5 Å². The molecule has 0 radical (unpaired) electrons. The zero-order chi connectivity index (χ0) is 26.8. The Labute approximate surface area is 231 Å². The molecule has 1 aliphatic heterocycles. The van der Waals surface area contributed by atoms with Crippen molar-refractivity contribution < 1.29 is 9.53 Å². The van der Waals surface area contributed by atoms with Crippen molar-refractivity contribution in [3.63, 3.8) is 0 Å². The van der Waals surface area contributed by atoms with Crippen LogP contribution in [-0.2, 0) is 4.79 Å². The topological polar surface area (TPSA) is 80.2 Å². The van der Waals surface area contributed by atoms with Gasteiger partial charge >= 0.3 is 0 Å². The number of ether oxygens (including phenoxy) is 1. The number of hydrogen-bond donors (Lipinski definition) is 1. The quantitative estimate of drug-likeness (QED) is 0.264. The molecule has 1 unspecified atom stereocenters. The summed E-state index contributed by atoms with van der Waals surface area (Å²) in [7, 11) is 1.65. The van der Waals surface area contributed by atoms with Crippen LogP contribution in [-0.4, -0.2) is 41.3 Å². The Morgan fingerprint density at radius 1 is 1.03 bits per heavy atom. The van der Waals surface area contributed by atoms with E-state index in [1.54, 1.807) is 18.4 Å². The smallest absolute Gasteiger partial charge is 0.229 e. The number of carbonyl (C=O) groups is 1. The Balaban J connectivity index is 1.10. The van der Waals surface area contributed by atoms with E-state index in [1.807, 2.05) is 60.7 Å². The van der Waals surface area contributed by atoms with Gasteiger partial charge in [-0.2, -0.15) is 0 Å². The van der Waals surface area contributed by atoms with Crippen LogP contribution in [0.3, 0.4) is 0 Å². The third kappa shape index (κ3) is 5.33. The fourth-order valence-corrected chi connectivity index (χ4v) is 6.06. The van der Waals surface area contributed by atoms with E-state index in [-0.39, 0.29) is 11.8 Å². The molecule has 6 rings (SSSR count). The number of amides is 1. The molecule has 3 aromatic carbocycles. The molecular weight excluding hydrogens is 506 g/mol. The minimum Gasteiger partial charge on any atom is -0.496 e. The average Bonchev–Trinajstić information content (AvgIpc) is 3.41. The number of aromatic nitrogens is 3. The van der Waals surface area contributed by atoms with Crippen LogP contribution in [0.25, 0.3) is 32.0 Å². The summed E-state index contributed by atoms with van der Waals surface area (Å²) in [5, 5.41) is 13.0. The predicted octanol–water partition coefficient (Wildman–Crippen LogP) is 6.59. The van der Waals surface area contributed by atoms with Gasteiger partial charge < -0.3 is 15.0 Å².